The van der Waals surface area contributed by atoms with Crippen LogP contribution in [0.5, 0.6) is 5.75 Å². The highest BCUT2D eigenvalue weighted by molar-refractivity contribution is 6.00. The Hall–Kier alpha value is -2.40. The number of benzene rings is 1. The van der Waals surface area contributed by atoms with Crippen LogP contribution in [0.15, 0.2) is 42.7 Å². The van der Waals surface area contributed by atoms with Crippen LogP contribution < -0.4 is 15.8 Å². The fourth-order valence-corrected chi connectivity index (χ4v) is 2.00. The van der Waals surface area contributed by atoms with E-state index in [0.29, 0.717) is 23.5 Å². The fourth-order valence-electron chi connectivity index (χ4n) is 2.00. The minimum atomic E-state index is -0.307. The lowest BCUT2D eigenvalue weighted by Crippen LogP contribution is -2.33. The van der Waals surface area contributed by atoms with E-state index in [2.05, 4.69) is 10.3 Å². The Labute approximate surface area is 124 Å². The Morgan fingerprint density at radius 1 is 1.43 bits per heavy atom. The Morgan fingerprint density at radius 2 is 2.24 bits per heavy atom. The van der Waals surface area contributed by atoms with Crippen molar-refractivity contribution < 1.29 is 9.53 Å². The van der Waals surface area contributed by atoms with Crippen LogP contribution in [0.25, 0.3) is 0 Å². The van der Waals surface area contributed by atoms with Gasteiger partial charge in [0.25, 0.3) is 0 Å². The Morgan fingerprint density at radius 3 is 2.86 bits per heavy atom. The second-order valence-electron chi connectivity index (χ2n) is 4.78. The fraction of sp³-hybridized carbons (Fsp3) is 0.250. The Balaban J connectivity index is 2.00. The van der Waals surface area contributed by atoms with Gasteiger partial charge in [0.2, 0.25) is 0 Å². The number of nitrogens with one attached hydrogen (secondary N) is 1. The third-order valence-corrected chi connectivity index (χ3v) is 3.24. The molecule has 2 rings (SSSR count). The van der Waals surface area contributed by atoms with Gasteiger partial charge in [-0.2, -0.15) is 0 Å². The van der Waals surface area contributed by atoms with E-state index in [-0.39, 0.29) is 11.8 Å². The van der Waals surface area contributed by atoms with E-state index < -0.39 is 0 Å². The number of Topliss-reactive ketones (excluding diaryl/α,β-unsaturated/α-hetero) is 1. The van der Waals surface area contributed by atoms with Crippen LogP contribution in [0.1, 0.15) is 22.8 Å². The molecular formula is C16H19N3O2. The molecule has 1 aromatic carbocycles. The highest BCUT2D eigenvalue weighted by atomic mass is 16.5. The quantitative estimate of drug-likeness (QED) is 0.627. The summed E-state index contributed by atoms with van der Waals surface area (Å²) in [5, 5.41) is 3.18. The number of pyridine rings is 1. The Kier molecular flexibility index (Phi) is 4.90. The molecule has 110 valence electrons. The van der Waals surface area contributed by atoms with Gasteiger partial charge in [0.1, 0.15) is 5.75 Å². The van der Waals surface area contributed by atoms with Crippen molar-refractivity contribution in [3.63, 3.8) is 0 Å². The molecule has 0 aliphatic heterocycles. The summed E-state index contributed by atoms with van der Waals surface area (Å²) in [5.41, 5.74) is 7.89. The molecule has 0 bridgehead atoms. The lowest BCUT2D eigenvalue weighted by Gasteiger charge is -2.14. The molecular weight excluding hydrogens is 266 g/mol. The molecule has 1 unspecified atom stereocenters. The molecule has 1 atom stereocenters. The van der Waals surface area contributed by atoms with E-state index in [9.17, 15) is 4.79 Å². The van der Waals surface area contributed by atoms with Gasteiger partial charge in [-0.25, -0.2) is 0 Å². The lowest BCUT2D eigenvalue weighted by atomic mass is 10.0. The number of ether oxygens (including phenoxy) is 1. The zero-order valence-electron chi connectivity index (χ0n) is 12.2. The van der Waals surface area contributed by atoms with Crippen molar-refractivity contribution in [2.75, 3.05) is 12.8 Å². The summed E-state index contributed by atoms with van der Waals surface area (Å²) >= 11 is 0. The number of nitrogens with two attached hydrogens (primary N) is 1. The maximum atomic E-state index is 12.3. The summed E-state index contributed by atoms with van der Waals surface area (Å²) in [7, 11) is 1.55. The summed E-state index contributed by atoms with van der Waals surface area (Å²) in [6.45, 7) is 2.42. The molecule has 5 nitrogen and oxygen atoms in total. The molecule has 0 aliphatic carbocycles. The number of carbonyl (C=O) groups excluding carboxylic acids is 1. The number of hydrogen-bond donors (Lipinski definition) is 2. The van der Waals surface area contributed by atoms with Crippen LogP contribution in [0.4, 0.5) is 5.69 Å². The van der Waals surface area contributed by atoms with Crippen molar-refractivity contribution in [3.8, 4) is 5.75 Å². The number of anilines is 1. The topological polar surface area (TPSA) is 77.2 Å². The van der Waals surface area contributed by atoms with Gasteiger partial charge in [0.15, 0.2) is 5.78 Å². The van der Waals surface area contributed by atoms with E-state index in [0.717, 1.165) is 5.56 Å². The molecule has 0 spiro atoms. The molecule has 0 saturated carbocycles. The zero-order valence-corrected chi connectivity index (χ0v) is 12.2. The van der Waals surface area contributed by atoms with Crippen LogP contribution in [-0.4, -0.2) is 23.9 Å². The first kappa shape index (κ1) is 15.0. The summed E-state index contributed by atoms with van der Waals surface area (Å²) in [6, 6.07) is 8.59. The first-order valence-electron chi connectivity index (χ1n) is 6.72. The van der Waals surface area contributed by atoms with E-state index in [1.165, 1.54) is 0 Å². The third-order valence-electron chi connectivity index (χ3n) is 3.24. The number of methoxy groups -OCH3 is 1. The van der Waals surface area contributed by atoms with Gasteiger partial charge < -0.3 is 15.8 Å². The largest absolute Gasteiger partial charge is 0.495 e. The van der Waals surface area contributed by atoms with Gasteiger partial charge >= 0.3 is 0 Å². The molecule has 1 aromatic heterocycles. The van der Waals surface area contributed by atoms with Gasteiger partial charge in [0, 0.05) is 24.5 Å². The molecule has 2 aromatic rings. The number of rotatable bonds is 6. The molecule has 5 heteroatoms. The average Bonchev–Trinajstić information content (AvgIpc) is 2.52. The van der Waals surface area contributed by atoms with Crippen LogP contribution in [0.2, 0.25) is 0 Å². The predicted octanol–water partition coefficient (Wildman–Crippen LogP) is 2.03. The monoisotopic (exact) mass is 285 g/mol. The van der Waals surface area contributed by atoms with Crippen molar-refractivity contribution >= 4 is 11.5 Å². The summed E-state index contributed by atoms with van der Waals surface area (Å²) in [5.74, 6) is 0.566. The number of hydrogen-bond acceptors (Lipinski definition) is 5. The molecule has 1 heterocycles. The van der Waals surface area contributed by atoms with Gasteiger partial charge in [-0.05, 0) is 36.8 Å². The first-order chi connectivity index (χ1) is 10.1. The predicted molar refractivity (Wildman–Crippen MR) is 82.3 cm³/mol. The van der Waals surface area contributed by atoms with E-state index in [4.69, 9.17) is 10.5 Å². The van der Waals surface area contributed by atoms with Gasteiger partial charge in [-0.15, -0.1) is 0 Å². The van der Waals surface area contributed by atoms with Crippen LogP contribution in [0.3, 0.4) is 0 Å². The molecule has 0 radical (unpaired) electrons. The van der Waals surface area contributed by atoms with Crippen LogP contribution >= 0.6 is 0 Å². The highest BCUT2D eigenvalue weighted by Crippen LogP contribution is 2.22. The summed E-state index contributed by atoms with van der Waals surface area (Å²) in [4.78, 5) is 16.4. The summed E-state index contributed by atoms with van der Waals surface area (Å²) in [6.07, 6.45) is 3.49. The van der Waals surface area contributed by atoms with Crippen LogP contribution in [-0.2, 0) is 6.54 Å². The van der Waals surface area contributed by atoms with E-state index in [1.54, 1.807) is 37.7 Å². The molecule has 0 fully saturated rings. The maximum absolute atomic E-state index is 12.3. The number of nitrogen functional groups attached to an aromatic ring is 1. The minimum absolute atomic E-state index is 0.00626. The van der Waals surface area contributed by atoms with Crippen LogP contribution in [0, 0.1) is 0 Å². The first-order valence-corrected chi connectivity index (χ1v) is 6.72. The molecule has 0 saturated heterocycles. The average molecular weight is 285 g/mol. The SMILES string of the molecule is COc1ccc(C(=O)C(C)NCc2cccnc2)cc1N. The van der Waals surface area contributed by atoms with E-state index in [1.807, 2.05) is 19.1 Å². The normalized spacial score (nSPS) is 11.9. The number of ketones is 1. The second kappa shape index (κ2) is 6.85. The van der Waals surface area contributed by atoms with Crippen molar-refractivity contribution in [1.29, 1.82) is 0 Å². The standard InChI is InChI=1S/C16H19N3O2/c1-11(19-10-12-4-3-7-18-9-12)16(20)13-5-6-15(21-2)14(17)8-13/h3-9,11,19H,10,17H2,1-2H3. The minimum Gasteiger partial charge on any atom is -0.495 e. The van der Waals surface area contributed by atoms with Crippen molar-refractivity contribution in [3.05, 3.63) is 53.9 Å². The number of carbonyl (C=O) groups is 1. The molecule has 0 aliphatic rings. The van der Waals surface area contributed by atoms with Gasteiger partial charge in [0.05, 0.1) is 18.8 Å². The molecule has 3 N–H and O–H groups in total. The van der Waals surface area contributed by atoms with Gasteiger partial charge in [-0.1, -0.05) is 6.07 Å². The summed E-state index contributed by atoms with van der Waals surface area (Å²) < 4.78 is 5.09. The Bertz CT molecular complexity index is 614. The maximum Gasteiger partial charge on any atom is 0.179 e. The molecule has 21 heavy (non-hydrogen) atoms. The smallest absolute Gasteiger partial charge is 0.179 e. The van der Waals surface area contributed by atoms with Crippen molar-refractivity contribution in [2.45, 2.75) is 19.5 Å². The zero-order chi connectivity index (χ0) is 15.2. The lowest BCUT2D eigenvalue weighted by molar-refractivity contribution is 0.0950. The number of nitrogens with zero attached hydrogens (tertiary/aromatic N) is 1. The molecule has 0 amide bonds. The third kappa shape index (κ3) is 3.79. The second-order valence-corrected chi connectivity index (χ2v) is 4.78. The van der Waals surface area contributed by atoms with Crippen molar-refractivity contribution in [2.24, 2.45) is 0 Å². The van der Waals surface area contributed by atoms with Gasteiger partial charge in [-0.3, -0.25) is 9.78 Å². The number of aromatic nitrogens is 1. The van der Waals surface area contributed by atoms with Crippen molar-refractivity contribution in [1.82, 2.24) is 10.3 Å². The van der Waals surface area contributed by atoms with E-state index >= 15 is 0 Å². The highest BCUT2D eigenvalue weighted by Gasteiger charge is 2.15.